The van der Waals surface area contributed by atoms with Crippen LogP contribution in [0.2, 0.25) is 0 Å². The number of rotatable bonds is 2. The molecule has 1 rings (SSSR count). The van der Waals surface area contributed by atoms with Crippen molar-refractivity contribution in [1.82, 2.24) is 5.32 Å². The Labute approximate surface area is 79.5 Å². The van der Waals surface area contributed by atoms with Gasteiger partial charge in [-0.05, 0) is 25.7 Å². The highest BCUT2D eigenvalue weighted by molar-refractivity contribution is 5.78. The quantitative estimate of drug-likeness (QED) is 0.676. The molecule has 76 valence electrons. The highest BCUT2D eigenvalue weighted by atomic mass is 16.3. The lowest BCUT2D eigenvalue weighted by atomic mass is 9.93. The minimum Gasteiger partial charge on any atom is -0.393 e. The van der Waals surface area contributed by atoms with Crippen molar-refractivity contribution in [3.63, 3.8) is 0 Å². The van der Waals surface area contributed by atoms with Crippen LogP contribution in [0, 0.1) is 5.92 Å². The summed E-state index contributed by atoms with van der Waals surface area (Å²) in [5.41, 5.74) is 0. The molecule has 3 nitrogen and oxygen atoms in total. The number of nitrogens with one attached hydrogen (secondary N) is 1. The van der Waals surface area contributed by atoms with E-state index in [1.54, 1.807) is 0 Å². The molecule has 0 saturated heterocycles. The molecule has 0 spiro atoms. The monoisotopic (exact) mass is 185 g/mol. The van der Waals surface area contributed by atoms with Gasteiger partial charge >= 0.3 is 0 Å². The van der Waals surface area contributed by atoms with Gasteiger partial charge in [0.15, 0.2) is 0 Å². The van der Waals surface area contributed by atoms with Gasteiger partial charge in [-0.3, -0.25) is 4.79 Å². The minimum atomic E-state index is -0.146. The molecule has 0 bridgehead atoms. The topological polar surface area (TPSA) is 49.3 Å². The highest BCUT2D eigenvalue weighted by Gasteiger charge is 2.21. The van der Waals surface area contributed by atoms with Crippen molar-refractivity contribution in [1.29, 1.82) is 0 Å². The minimum absolute atomic E-state index is 0.0619. The fraction of sp³-hybridized carbons (Fsp3) is 0.900. The summed E-state index contributed by atoms with van der Waals surface area (Å²) in [4.78, 5) is 11.3. The SMILES string of the molecule is CC(C)C(=O)N[C@H]1CC[C@@H](O)CC1. The summed E-state index contributed by atoms with van der Waals surface area (Å²) in [7, 11) is 0. The van der Waals surface area contributed by atoms with Crippen LogP contribution < -0.4 is 5.32 Å². The number of hydrogen-bond acceptors (Lipinski definition) is 2. The molecule has 0 aromatic rings. The van der Waals surface area contributed by atoms with E-state index in [-0.39, 0.29) is 17.9 Å². The molecule has 1 aliphatic rings. The number of amides is 1. The molecular weight excluding hydrogens is 166 g/mol. The van der Waals surface area contributed by atoms with Crippen molar-refractivity contribution < 1.29 is 9.90 Å². The van der Waals surface area contributed by atoms with Crippen LogP contribution in [0.1, 0.15) is 39.5 Å². The van der Waals surface area contributed by atoms with Gasteiger partial charge in [-0.15, -0.1) is 0 Å². The highest BCUT2D eigenvalue weighted by Crippen LogP contribution is 2.18. The summed E-state index contributed by atoms with van der Waals surface area (Å²) < 4.78 is 0. The predicted molar refractivity (Wildman–Crippen MR) is 51.2 cm³/mol. The maximum absolute atomic E-state index is 11.3. The van der Waals surface area contributed by atoms with Crippen molar-refractivity contribution in [2.75, 3.05) is 0 Å². The van der Waals surface area contributed by atoms with Crippen LogP contribution in [0.4, 0.5) is 0 Å². The zero-order valence-corrected chi connectivity index (χ0v) is 8.42. The smallest absolute Gasteiger partial charge is 0.222 e. The molecule has 0 aromatic carbocycles. The predicted octanol–water partition coefficient (Wildman–Crippen LogP) is 1.06. The van der Waals surface area contributed by atoms with Crippen molar-refractivity contribution >= 4 is 5.91 Å². The lowest BCUT2D eigenvalue weighted by Gasteiger charge is -2.26. The van der Waals surface area contributed by atoms with Crippen LogP contribution in [0.15, 0.2) is 0 Å². The van der Waals surface area contributed by atoms with E-state index in [2.05, 4.69) is 5.32 Å². The molecule has 3 heteroatoms. The van der Waals surface area contributed by atoms with E-state index in [1.165, 1.54) is 0 Å². The van der Waals surface area contributed by atoms with Crippen LogP contribution in [-0.4, -0.2) is 23.2 Å². The van der Waals surface area contributed by atoms with E-state index >= 15 is 0 Å². The van der Waals surface area contributed by atoms with Crippen molar-refractivity contribution in [3.05, 3.63) is 0 Å². The first-order valence-electron chi connectivity index (χ1n) is 5.08. The van der Waals surface area contributed by atoms with Gasteiger partial charge in [0.2, 0.25) is 5.91 Å². The Morgan fingerprint density at radius 1 is 1.31 bits per heavy atom. The van der Waals surface area contributed by atoms with Crippen LogP contribution in [0.5, 0.6) is 0 Å². The lowest BCUT2D eigenvalue weighted by molar-refractivity contribution is -0.125. The van der Waals surface area contributed by atoms with Crippen molar-refractivity contribution in [2.24, 2.45) is 5.92 Å². The first kappa shape index (κ1) is 10.5. The van der Waals surface area contributed by atoms with Gasteiger partial charge < -0.3 is 10.4 Å². The number of hydrogen-bond donors (Lipinski definition) is 2. The number of aliphatic hydroxyl groups is 1. The third kappa shape index (κ3) is 3.35. The molecule has 1 saturated carbocycles. The maximum atomic E-state index is 11.3. The molecule has 0 radical (unpaired) electrons. The zero-order chi connectivity index (χ0) is 9.84. The average molecular weight is 185 g/mol. The van der Waals surface area contributed by atoms with Gasteiger partial charge in [0, 0.05) is 12.0 Å². The molecule has 2 N–H and O–H groups in total. The molecule has 1 fully saturated rings. The maximum Gasteiger partial charge on any atom is 0.222 e. The number of aliphatic hydroxyl groups excluding tert-OH is 1. The van der Waals surface area contributed by atoms with E-state index < -0.39 is 0 Å². The molecular formula is C10H19NO2. The third-order valence-corrected chi connectivity index (χ3v) is 2.57. The first-order chi connectivity index (χ1) is 6.09. The van der Waals surface area contributed by atoms with Crippen molar-refractivity contribution in [3.8, 4) is 0 Å². The summed E-state index contributed by atoms with van der Waals surface area (Å²) in [6.45, 7) is 3.79. The Morgan fingerprint density at radius 2 is 1.85 bits per heavy atom. The van der Waals surface area contributed by atoms with E-state index in [0.29, 0.717) is 6.04 Å². The first-order valence-corrected chi connectivity index (χ1v) is 5.08. The summed E-state index contributed by atoms with van der Waals surface area (Å²) in [6.07, 6.45) is 3.33. The Kier molecular flexibility index (Phi) is 3.72. The Hall–Kier alpha value is -0.570. The van der Waals surface area contributed by atoms with Gasteiger partial charge in [-0.2, -0.15) is 0 Å². The van der Waals surface area contributed by atoms with Crippen LogP contribution >= 0.6 is 0 Å². The van der Waals surface area contributed by atoms with Gasteiger partial charge in [0.1, 0.15) is 0 Å². The molecule has 0 unspecified atom stereocenters. The Morgan fingerprint density at radius 3 is 2.31 bits per heavy atom. The van der Waals surface area contributed by atoms with Gasteiger partial charge in [0.05, 0.1) is 6.10 Å². The van der Waals surface area contributed by atoms with E-state index in [1.807, 2.05) is 13.8 Å². The molecule has 0 atom stereocenters. The second-order valence-corrected chi connectivity index (χ2v) is 4.17. The lowest BCUT2D eigenvalue weighted by Crippen LogP contribution is -2.40. The molecule has 1 aliphatic carbocycles. The normalized spacial score (nSPS) is 28.9. The third-order valence-electron chi connectivity index (χ3n) is 2.57. The molecule has 1 amide bonds. The summed E-state index contributed by atoms with van der Waals surface area (Å²) >= 11 is 0. The van der Waals surface area contributed by atoms with E-state index in [4.69, 9.17) is 0 Å². The average Bonchev–Trinajstić information content (AvgIpc) is 2.08. The Balaban J connectivity index is 2.26. The summed E-state index contributed by atoms with van der Waals surface area (Å²) in [5.74, 6) is 0.188. The van der Waals surface area contributed by atoms with E-state index in [9.17, 15) is 9.90 Å². The summed E-state index contributed by atoms with van der Waals surface area (Å²) in [5, 5.41) is 12.2. The number of carbonyl (C=O) groups is 1. The zero-order valence-electron chi connectivity index (χ0n) is 8.42. The molecule has 13 heavy (non-hydrogen) atoms. The van der Waals surface area contributed by atoms with Crippen molar-refractivity contribution in [2.45, 2.75) is 51.7 Å². The van der Waals surface area contributed by atoms with Gasteiger partial charge in [0.25, 0.3) is 0 Å². The standard InChI is InChI=1S/C10H19NO2/c1-7(2)10(13)11-8-3-5-9(12)6-4-8/h7-9,12H,3-6H2,1-2H3,(H,11,13)/t8-,9+. The number of carbonyl (C=O) groups excluding carboxylic acids is 1. The van der Waals surface area contributed by atoms with E-state index in [0.717, 1.165) is 25.7 Å². The van der Waals surface area contributed by atoms with Gasteiger partial charge in [-0.1, -0.05) is 13.8 Å². The van der Waals surface area contributed by atoms with Crippen LogP contribution in [0.25, 0.3) is 0 Å². The molecule has 0 aliphatic heterocycles. The molecule has 0 heterocycles. The summed E-state index contributed by atoms with van der Waals surface area (Å²) in [6, 6.07) is 0.290. The second-order valence-electron chi connectivity index (χ2n) is 4.17. The van der Waals surface area contributed by atoms with Crippen LogP contribution in [0.3, 0.4) is 0 Å². The fourth-order valence-corrected chi connectivity index (χ4v) is 1.59. The van der Waals surface area contributed by atoms with Gasteiger partial charge in [-0.25, -0.2) is 0 Å². The Bertz CT molecular complexity index is 172. The second kappa shape index (κ2) is 4.61. The molecule has 0 aromatic heterocycles. The van der Waals surface area contributed by atoms with Crippen LogP contribution in [-0.2, 0) is 4.79 Å². The fourth-order valence-electron chi connectivity index (χ4n) is 1.59. The largest absolute Gasteiger partial charge is 0.393 e.